The summed E-state index contributed by atoms with van der Waals surface area (Å²) in [5, 5.41) is 8.81. The molecular formula is C16H14N4. The number of anilines is 1. The maximum absolute atomic E-state index is 8.81. The van der Waals surface area contributed by atoms with Crippen LogP contribution in [0.3, 0.4) is 0 Å². The molecule has 98 valence electrons. The Bertz CT molecular complexity index is 807. The Morgan fingerprint density at radius 3 is 2.65 bits per heavy atom. The topological polar surface area (TPSA) is 67.6 Å². The Labute approximate surface area is 117 Å². The van der Waals surface area contributed by atoms with Crippen molar-refractivity contribution >= 4 is 16.7 Å². The molecule has 0 aliphatic heterocycles. The standard InChI is InChI=1S/C16H14N4/c1-20-15-7-6-13(18)9-14(15)19-16(20)8-11-2-4-12(10-17)5-3-11/h2-7,9H,8,18H2,1H3. The van der Waals surface area contributed by atoms with Crippen LogP contribution >= 0.6 is 0 Å². The lowest BCUT2D eigenvalue weighted by molar-refractivity contribution is 0.844. The zero-order chi connectivity index (χ0) is 14.1. The zero-order valence-corrected chi connectivity index (χ0v) is 11.2. The lowest BCUT2D eigenvalue weighted by Gasteiger charge is -2.03. The van der Waals surface area contributed by atoms with E-state index >= 15 is 0 Å². The minimum atomic E-state index is 0.673. The smallest absolute Gasteiger partial charge is 0.114 e. The molecule has 2 N–H and O–H groups in total. The normalized spacial score (nSPS) is 10.6. The number of hydrogen-bond donors (Lipinski definition) is 1. The van der Waals surface area contributed by atoms with E-state index in [1.165, 1.54) is 0 Å². The second-order valence-electron chi connectivity index (χ2n) is 4.82. The Morgan fingerprint density at radius 2 is 1.95 bits per heavy atom. The fourth-order valence-electron chi connectivity index (χ4n) is 2.30. The first-order valence-electron chi connectivity index (χ1n) is 6.37. The van der Waals surface area contributed by atoms with Gasteiger partial charge in [0.05, 0.1) is 22.7 Å². The van der Waals surface area contributed by atoms with Crippen LogP contribution < -0.4 is 5.73 Å². The molecule has 3 rings (SSSR count). The van der Waals surface area contributed by atoms with Crippen molar-refractivity contribution in [3.8, 4) is 6.07 Å². The molecule has 4 nitrogen and oxygen atoms in total. The summed E-state index contributed by atoms with van der Waals surface area (Å²) >= 11 is 0. The van der Waals surface area contributed by atoms with Crippen LogP contribution in [0.25, 0.3) is 11.0 Å². The molecule has 3 aromatic rings. The number of benzene rings is 2. The van der Waals surface area contributed by atoms with Gasteiger partial charge in [-0.3, -0.25) is 0 Å². The molecule has 1 aromatic heterocycles. The summed E-state index contributed by atoms with van der Waals surface area (Å²) in [5.74, 6) is 0.982. The molecule has 0 saturated heterocycles. The van der Waals surface area contributed by atoms with Gasteiger partial charge in [-0.15, -0.1) is 0 Å². The first kappa shape index (κ1) is 12.2. The van der Waals surface area contributed by atoms with Crippen molar-refractivity contribution in [2.75, 3.05) is 5.73 Å². The monoisotopic (exact) mass is 262 g/mol. The van der Waals surface area contributed by atoms with Crippen molar-refractivity contribution < 1.29 is 0 Å². The van der Waals surface area contributed by atoms with Gasteiger partial charge in [-0.1, -0.05) is 12.1 Å². The van der Waals surface area contributed by atoms with Crippen LogP contribution in [0.2, 0.25) is 0 Å². The third-order valence-corrected chi connectivity index (χ3v) is 3.44. The van der Waals surface area contributed by atoms with Crippen LogP contribution in [0.4, 0.5) is 5.69 Å². The van der Waals surface area contributed by atoms with Gasteiger partial charge in [-0.05, 0) is 35.9 Å². The summed E-state index contributed by atoms with van der Waals surface area (Å²) in [6.07, 6.45) is 0.733. The molecule has 0 fully saturated rings. The molecule has 0 aliphatic carbocycles. The number of nitrogens with two attached hydrogens (primary N) is 1. The van der Waals surface area contributed by atoms with Crippen molar-refractivity contribution in [2.24, 2.45) is 7.05 Å². The number of imidazole rings is 1. The average molecular weight is 262 g/mol. The third-order valence-electron chi connectivity index (χ3n) is 3.44. The molecule has 4 heteroatoms. The Morgan fingerprint density at radius 1 is 1.20 bits per heavy atom. The van der Waals surface area contributed by atoms with E-state index in [1.54, 1.807) is 0 Å². The SMILES string of the molecule is Cn1c(Cc2ccc(C#N)cc2)nc2cc(N)ccc21. The van der Waals surface area contributed by atoms with E-state index in [1.807, 2.05) is 49.5 Å². The van der Waals surface area contributed by atoms with E-state index < -0.39 is 0 Å². The van der Waals surface area contributed by atoms with Crippen molar-refractivity contribution in [1.82, 2.24) is 9.55 Å². The van der Waals surface area contributed by atoms with E-state index in [4.69, 9.17) is 11.0 Å². The van der Waals surface area contributed by atoms with Crippen LogP contribution in [0, 0.1) is 11.3 Å². The molecular weight excluding hydrogens is 248 g/mol. The summed E-state index contributed by atoms with van der Waals surface area (Å²) in [7, 11) is 2.00. The lowest BCUT2D eigenvalue weighted by atomic mass is 10.1. The molecule has 1 heterocycles. The second kappa shape index (κ2) is 4.71. The van der Waals surface area contributed by atoms with Crippen molar-refractivity contribution in [2.45, 2.75) is 6.42 Å². The molecule has 0 bridgehead atoms. The van der Waals surface area contributed by atoms with Crippen molar-refractivity contribution in [3.63, 3.8) is 0 Å². The molecule has 0 atom stereocenters. The average Bonchev–Trinajstić information content (AvgIpc) is 2.75. The van der Waals surface area contributed by atoms with Crippen molar-refractivity contribution in [1.29, 1.82) is 5.26 Å². The number of nitriles is 1. The number of rotatable bonds is 2. The largest absolute Gasteiger partial charge is 0.399 e. The molecule has 0 saturated carbocycles. The highest BCUT2D eigenvalue weighted by Gasteiger charge is 2.08. The number of aryl methyl sites for hydroxylation is 1. The van der Waals surface area contributed by atoms with Gasteiger partial charge in [0.1, 0.15) is 5.82 Å². The van der Waals surface area contributed by atoms with E-state index in [2.05, 4.69) is 15.6 Å². The van der Waals surface area contributed by atoms with Crippen LogP contribution in [-0.4, -0.2) is 9.55 Å². The predicted octanol–water partition coefficient (Wildman–Crippen LogP) is 2.62. The zero-order valence-electron chi connectivity index (χ0n) is 11.2. The maximum atomic E-state index is 8.81. The minimum Gasteiger partial charge on any atom is -0.399 e. The highest BCUT2D eigenvalue weighted by Crippen LogP contribution is 2.19. The van der Waals surface area contributed by atoms with E-state index in [0.717, 1.165) is 34.5 Å². The van der Waals surface area contributed by atoms with Gasteiger partial charge in [0, 0.05) is 19.2 Å². The number of nitrogens with zero attached hydrogens (tertiary/aromatic N) is 3. The highest BCUT2D eigenvalue weighted by molar-refractivity contribution is 5.79. The Kier molecular flexibility index (Phi) is 2.88. The number of hydrogen-bond acceptors (Lipinski definition) is 3. The van der Waals surface area contributed by atoms with Gasteiger partial charge in [0.2, 0.25) is 0 Å². The molecule has 0 radical (unpaired) electrons. The Hall–Kier alpha value is -2.80. The van der Waals surface area contributed by atoms with E-state index in [-0.39, 0.29) is 0 Å². The number of fused-ring (bicyclic) bond motifs is 1. The van der Waals surface area contributed by atoms with Crippen molar-refractivity contribution in [3.05, 3.63) is 59.4 Å². The van der Waals surface area contributed by atoms with Gasteiger partial charge in [0.25, 0.3) is 0 Å². The molecule has 0 unspecified atom stereocenters. The van der Waals surface area contributed by atoms with Crippen LogP contribution in [-0.2, 0) is 13.5 Å². The van der Waals surface area contributed by atoms with Crippen LogP contribution in [0.1, 0.15) is 17.0 Å². The maximum Gasteiger partial charge on any atom is 0.114 e. The molecule has 2 aromatic carbocycles. The quantitative estimate of drug-likeness (QED) is 0.722. The molecule has 0 aliphatic rings. The molecule has 20 heavy (non-hydrogen) atoms. The Balaban J connectivity index is 1.97. The predicted molar refractivity (Wildman–Crippen MR) is 79.1 cm³/mol. The van der Waals surface area contributed by atoms with E-state index in [0.29, 0.717) is 5.56 Å². The van der Waals surface area contributed by atoms with Gasteiger partial charge >= 0.3 is 0 Å². The lowest BCUT2D eigenvalue weighted by Crippen LogP contribution is -1.99. The van der Waals surface area contributed by atoms with Crippen LogP contribution in [0.5, 0.6) is 0 Å². The summed E-state index contributed by atoms with van der Waals surface area (Å²) < 4.78 is 2.08. The first-order chi connectivity index (χ1) is 9.67. The molecule has 0 amide bonds. The second-order valence-corrected chi connectivity index (χ2v) is 4.82. The highest BCUT2D eigenvalue weighted by atomic mass is 15.1. The number of nitrogen functional groups attached to an aromatic ring is 1. The van der Waals surface area contributed by atoms with Gasteiger partial charge < -0.3 is 10.3 Å². The first-order valence-corrected chi connectivity index (χ1v) is 6.37. The summed E-state index contributed by atoms with van der Waals surface area (Å²) in [4.78, 5) is 4.63. The fourth-order valence-corrected chi connectivity index (χ4v) is 2.30. The van der Waals surface area contributed by atoms with Gasteiger partial charge in [0.15, 0.2) is 0 Å². The van der Waals surface area contributed by atoms with Gasteiger partial charge in [-0.2, -0.15) is 5.26 Å². The fraction of sp³-hybridized carbons (Fsp3) is 0.125. The minimum absolute atomic E-state index is 0.673. The number of aromatic nitrogens is 2. The molecule has 0 spiro atoms. The van der Waals surface area contributed by atoms with E-state index in [9.17, 15) is 0 Å². The summed E-state index contributed by atoms with van der Waals surface area (Å²) in [5.41, 5.74) is 10.3. The van der Waals surface area contributed by atoms with Crippen LogP contribution in [0.15, 0.2) is 42.5 Å². The third kappa shape index (κ3) is 2.10. The summed E-state index contributed by atoms with van der Waals surface area (Å²) in [6.45, 7) is 0. The van der Waals surface area contributed by atoms with Gasteiger partial charge in [-0.25, -0.2) is 4.98 Å². The summed E-state index contributed by atoms with van der Waals surface area (Å²) in [6, 6.07) is 15.5.